The number of hydrogen-bond donors (Lipinski definition) is 2. The monoisotopic (exact) mass is 353 g/mol. The van der Waals surface area contributed by atoms with Crippen molar-refractivity contribution in [1.82, 2.24) is 0 Å². The molecule has 0 aliphatic carbocycles. The Morgan fingerprint density at radius 3 is 2.50 bits per heavy atom. The third kappa shape index (κ3) is 4.56. The molecule has 6 nitrogen and oxygen atoms in total. The van der Waals surface area contributed by atoms with Gasteiger partial charge in [0.25, 0.3) is 5.91 Å². The first-order valence-corrected chi connectivity index (χ1v) is 7.65. The fraction of sp³-hybridized carbons (Fsp3) is 0.211. The summed E-state index contributed by atoms with van der Waals surface area (Å²) in [6.07, 6.45) is 0. The van der Waals surface area contributed by atoms with E-state index in [2.05, 4.69) is 5.32 Å². The van der Waals surface area contributed by atoms with Crippen LogP contribution in [0.3, 0.4) is 0 Å². The fourth-order valence-electron chi connectivity index (χ4n) is 2.07. The van der Waals surface area contributed by atoms with E-state index in [-0.39, 0.29) is 23.4 Å². The number of carbonyl (C=O) groups excluding carboxylic acids is 1. The number of halogens is 1. The molecular weight excluding hydrogens is 337 g/mol. The van der Waals surface area contributed by atoms with E-state index in [1.165, 1.54) is 25.1 Å². The minimum Gasteiger partial charge on any atom is -0.490 e. The van der Waals surface area contributed by atoms with E-state index in [0.717, 1.165) is 0 Å². The van der Waals surface area contributed by atoms with Crippen LogP contribution in [0, 0.1) is 22.7 Å². The Balaban J connectivity index is 2.03. The fourth-order valence-corrected chi connectivity index (χ4v) is 2.07. The molecule has 0 aliphatic heterocycles. The Hall–Kier alpha value is -3.42. The molecule has 0 spiro atoms. The molecule has 0 bridgehead atoms. The van der Waals surface area contributed by atoms with Crippen LogP contribution in [0.15, 0.2) is 42.5 Å². The van der Waals surface area contributed by atoms with Crippen molar-refractivity contribution >= 4 is 11.6 Å². The van der Waals surface area contributed by atoms with Crippen LogP contribution in [0.5, 0.6) is 5.75 Å². The maximum absolute atomic E-state index is 12.9. The van der Waals surface area contributed by atoms with Gasteiger partial charge in [-0.1, -0.05) is 0 Å². The number of nitrogens with zero attached hydrogens (tertiary/aromatic N) is 2. The number of rotatable bonds is 6. The van der Waals surface area contributed by atoms with Crippen LogP contribution in [0.1, 0.15) is 23.6 Å². The molecule has 0 aliphatic rings. The first kappa shape index (κ1) is 18.9. The van der Waals surface area contributed by atoms with Crippen LogP contribution in [0.2, 0.25) is 0 Å². The van der Waals surface area contributed by atoms with Crippen LogP contribution >= 0.6 is 0 Å². The van der Waals surface area contributed by atoms with Crippen LogP contribution in [-0.2, 0) is 11.5 Å². The van der Waals surface area contributed by atoms with Gasteiger partial charge >= 0.3 is 0 Å². The van der Waals surface area contributed by atoms with Gasteiger partial charge in [0.05, 0.1) is 23.3 Å². The van der Waals surface area contributed by atoms with Gasteiger partial charge in [0.1, 0.15) is 19.0 Å². The van der Waals surface area contributed by atoms with Gasteiger partial charge in [0.2, 0.25) is 0 Å². The number of nitrogens with one attached hydrogen (secondary N) is 1. The van der Waals surface area contributed by atoms with Gasteiger partial charge in [0, 0.05) is 11.3 Å². The van der Waals surface area contributed by atoms with Crippen LogP contribution in [0.4, 0.5) is 10.1 Å². The SMILES string of the molecule is C[C@](O)(COc1ccc(C#N)cc1)C(=O)Nc1ccc(C#N)c(CF)c1. The zero-order valence-corrected chi connectivity index (χ0v) is 14.0. The number of aliphatic hydroxyl groups is 1. The summed E-state index contributed by atoms with van der Waals surface area (Å²) in [7, 11) is 0. The molecule has 2 rings (SSSR count). The predicted octanol–water partition coefficient (Wildman–Crippen LogP) is 2.67. The van der Waals surface area contributed by atoms with Gasteiger partial charge < -0.3 is 15.2 Å². The average molecular weight is 353 g/mol. The van der Waals surface area contributed by atoms with Crippen molar-refractivity contribution < 1.29 is 19.0 Å². The van der Waals surface area contributed by atoms with E-state index < -0.39 is 18.2 Å². The van der Waals surface area contributed by atoms with Crippen molar-refractivity contribution in [2.45, 2.75) is 19.2 Å². The molecule has 0 heterocycles. The zero-order chi connectivity index (χ0) is 19.2. The normalized spacial score (nSPS) is 12.3. The van der Waals surface area contributed by atoms with Gasteiger partial charge in [-0.05, 0) is 49.4 Å². The molecule has 0 saturated heterocycles. The van der Waals surface area contributed by atoms with Crippen molar-refractivity contribution in [3.63, 3.8) is 0 Å². The number of benzene rings is 2. The minimum absolute atomic E-state index is 0.152. The summed E-state index contributed by atoms with van der Waals surface area (Å²) < 4.78 is 18.3. The lowest BCUT2D eigenvalue weighted by Crippen LogP contribution is -2.45. The lowest BCUT2D eigenvalue weighted by atomic mass is 10.1. The molecule has 132 valence electrons. The summed E-state index contributed by atoms with van der Waals surface area (Å²) in [5.41, 5.74) is -0.788. The number of hydrogen-bond acceptors (Lipinski definition) is 5. The lowest BCUT2D eigenvalue weighted by Gasteiger charge is -2.22. The van der Waals surface area contributed by atoms with Crippen molar-refractivity contribution in [2.24, 2.45) is 0 Å². The number of alkyl halides is 1. The van der Waals surface area contributed by atoms with Gasteiger partial charge in [-0.2, -0.15) is 10.5 Å². The Labute approximate surface area is 150 Å². The minimum atomic E-state index is -1.85. The first-order valence-electron chi connectivity index (χ1n) is 7.65. The Morgan fingerprint density at radius 2 is 1.92 bits per heavy atom. The van der Waals surface area contributed by atoms with Crippen LogP contribution in [-0.4, -0.2) is 23.2 Å². The molecule has 0 saturated carbocycles. The third-order valence-corrected chi connectivity index (χ3v) is 3.62. The third-order valence-electron chi connectivity index (χ3n) is 3.62. The Morgan fingerprint density at radius 1 is 1.23 bits per heavy atom. The quantitative estimate of drug-likeness (QED) is 0.830. The molecule has 0 radical (unpaired) electrons. The highest BCUT2D eigenvalue weighted by Crippen LogP contribution is 2.19. The number of carbonyl (C=O) groups is 1. The van der Waals surface area contributed by atoms with Crippen LogP contribution in [0.25, 0.3) is 0 Å². The van der Waals surface area contributed by atoms with E-state index in [1.54, 1.807) is 24.3 Å². The average Bonchev–Trinajstić information content (AvgIpc) is 2.66. The lowest BCUT2D eigenvalue weighted by molar-refractivity contribution is -0.135. The maximum atomic E-state index is 12.9. The second kappa shape index (κ2) is 8.11. The number of anilines is 1. The highest BCUT2D eigenvalue weighted by atomic mass is 19.1. The van der Waals surface area contributed by atoms with Crippen molar-refractivity contribution in [2.75, 3.05) is 11.9 Å². The topological polar surface area (TPSA) is 106 Å². The summed E-state index contributed by atoms with van der Waals surface area (Å²) in [6.45, 7) is 0.119. The number of ether oxygens (including phenoxy) is 1. The molecule has 2 N–H and O–H groups in total. The van der Waals surface area contributed by atoms with E-state index >= 15 is 0 Å². The van der Waals surface area contributed by atoms with Gasteiger partial charge in [-0.25, -0.2) is 4.39 Å². The van der Waals surface area contributed by atoms with E-state index in [1.807, 2.05) is 12.1 Å². The van der Waals surface area contributed by atoms with Gasteiger partial charge in [-0.3, -0.25) is 4.79 Å². The molecule has 7 heteroatoms. The van der Waals surface area contributed by atoms with E-state index in [4.69, 9.17) is 15.3 Å². The summed E-state index contributed by atoms with van der Waals surface area (Å²) in [5, 5.41) is 30.4. The summed E-state index contributed by atoms with van der Waals surface area (Å²) >= 11 is 0. The highest BCUT2D eigenvalue weighted by molar-refractivity contribution is 5.97. The predicted molar refractivity (Wildman–Crippen MR) is 91.9 cm³/mol. The zero-order valence-electron chi connectivity index (χ0n) is 14.0. The molecule has 1 amide bonds. The van der Waals surface area contributed by atoms with Crippen molar-refractivity contribution in [3.8, 4) is 17.9 Å². The summed E-state index contributed by atoms with van der Waals surface area (Å²) in [6, 6.07) is 14.2. The van der Waals surface area contributed by atoms with Crippen molar-refractivity contribution in [3.05, 3.63) is 59.2 Å². The molecular formula is C19H16FN3O3. The maximum Gasteiger partial charge on any atom is 0.259 e. The molecule has 0 fully saturated rings. The smallest absolute Gasteiger partial charge is 0.259 e. The molecule has 0 unspecified atom stereocenters. The van der Waals surface area contributed by atoms with Gasteiger partial charge in [-0.15, -0.1) is 0 Å². The largest absolute Gasteiger partial charge is 0.490 e. The number of amides is 1. The first-order chi connectivity index (χ1) is 12.4. The Bertz CT molecular complexity index is 880. The molecule has 26 heavy (non-hydrogen) atoms. The number of nitriles is 2. The summed E-state index contributed by atoms with van der Waals surface area (Å²) in [4.78, 5) is 12.3. The van der Waals surface area contributed by atoms with E-state index in [0.29, 0.717) is 11.3 Å². The molecule has 2 aromatic rings. The molecule has 1 atom stereocenters. The van der Waals surface area contributed by atoms with Gasteiger partial charge in [0.15, 0.2) is 5.60 Å². The van der Waals surface area contributed by atoms with Crippen molar-refractivity contribution in [1.29, 1.82) is 10.5 Å². The van der Waals surface area contributed by atoms with Crippen LogP contribution < -0.4 is 10.1 Å². The van der Waals surface area contributed by atoms with E-state index in [9.17, 15) is 14.3 Å². The molecule has 2 aromatic carbocycles. The Kier molecular flexibility index (Phi) is 5.90. The molecule has 0 aromatic heterocycles. The standard InChI is InChI=1S/C19H16FN3O3/c1-19(25,12-26-17-6-2-13(10-21)3-7-17)18(24)23-16-5-4-14(11-22)15(8-16)9-20/h2-8,25H,9,12H2,1H3,(H,23,24)/t19-/m0/s1. The second-order valence-electron chi connectivity index (χ2n) is 5.77. The second-order valence-corrected chi connectivity index (χ2v) is 5.77. The summed E-state index contributed by atoms with van der Waals surface area (Å²) in [5.74, 6) is -0.337. The highest BCUT2D eigenvalue weighted by Gasteiger charge is 2.31.